The summed E-state index contributed by atoms with van der Waals surface area (Å²) in [6.07, 6.45) is 3.98. The van der Waals surface area contributed by atoms with Gasteiger partial charge in [-0.3, -0.25) is 4.79 Å². The number of aliphatic hydroxyl groups excluding tert-OH is 1. The van der Waals surface area contributed by atoms with Crippen LogP contribution in [0.25, 0.3) is 0 Å². The van der Waals surface area contributed by atoms with Crippen LogP contribution in [0.4, 0.5) is 4.39 Å². The molecule has 2 aromatic carbocycles. The number of rotatable bonds is 3. The molecular weight excluding hydrogens is 329 g/mol. The van der Waals surface area contributed by atoms with E-state index in [9.17, 15) is 9.18 Å². The molecule has 1 unspecified atom stereocenters. The van der Waals surface area contributed by atoms with Crippen LogP contribution >= 0.6 is 0 Å². The minimum Gasteiger partial charge on any atom is -0.392 e. The number of nitrogens with zero attached hydrogens (tertiary/aromatic N) is 1. The third kappa shape index (κ3) is 3.03. The van der Waals surface area contributed by atoms with Gasteiger partial charge in [0, 0.05) is 17.6 Å². The van der Waals surface area contributed by atoms with E-state index in [-0.39, 0.29) is 30.4 Å². The highest BCUT2D eigenvalue weighted by Crippen LogP contribution is 2.43. The van der Waals surface area contributed by atoms with Gasteiger partial charge < -0.3 is 10.0 Å². The van der Waals surface area contributed by atoms with E-state index in [1.807, 2.05) is 43.3 Å². The highest BCUT2D eigenvalue weighted by Gasteiger charge is 2.43. The molecule has 3 atom stereocenters. The van der Waals surface area contributed by atoms with Crippen LogP contribution in [-0.2, 0) is 6.61 Å². The average molecular weight is 353 g/mol. The highest BCUT2D eigenvalue weighted by molar-refractivity contribution is 5.95. The zero-order chi connectivity index (χ0) is 18.3. The standard InChI is InChI=1S/C22H24FNO2/c1-14-10-17(6-9-21(14)23)18-11-19-7-8-20(12-18)24(19)22(26)16-4-2-15(13-25)3-5-16/h2-6,9-10,18-20,25H,7-8,11-13H2,1H3/t18?,19-,20+. The van der Waals surface area contributed by atoms with Crippen molar-refractivity contribution in [3.8, 4) is 0 Å². The summed E-state index contributed by atoms with van der Waals surface area (Å²) in [5.74, 6) is 0.332. The first-order valence-electron chi connectivity index (χ1n) is 9.35. The van der Waals surface area contributed by atoms with E-state index in [1.165, 1.54) is 5.56 Å². The van der Waals surface area contributed by atoms with Gasteiger partial charge in [0.05, 0.1) is 6.61 Å². The van der Waals surface area contributed by atoms with Crippen LogP contribution in [0.2, 0.25) is 0 Å². The van der Waals surface area contributed by atoms with Gasteiger partial charge in [-0.15, -0.1) is 0 Å². The summed E-state index contributed by atoms with van der Waals surface area (Å²) >= 11 is 0. The minimum atomic E-state index is -0.157. The molecule has 2 aliphatic rings. The number of aryl methyl sites for hydroxylation is 1. The van der Waals surface area contributed by atoms with Gasteiger partial charge in [0.1, 0.15) is 5.82 Å². The lowest BCUT2D eigenvalue weighted by Crippen LogP contribution is -2.46. The van der Waals surface area contributed by atoms with Gasteiger partial charge in [0.2, 0.25) is 0 Å². The predicted molar refractivity (Wildman–Crippen MR) is 98.5 cm³/mol. The summed E-state index contributed by atoms with van der Waals surface area (Å²) in [7, 11) is 0. The summed E-state index contributed by atoms with van der Waals surface area (Å²) in [4.78, 5) is 15.1. The van der Waals surface area contributed by atoms with Gasteiger partial charge >= 0.3 is 0 Å². The van der Waals surface area contributed by atoms with Crippen molar-refractivity contribution in [3.05, 3.63) is 70.5 Å². The van der Waals surface area contributed by atoms with Crippen LogP contribution in [0.3, 0.4) is 0 Å². The zero-order valence-electron chi connectivity index (χ0n) is 15.0. The molecule has 2 fully saturated rings. The molecule has 2 heterocycles. The Morgan fingerprint density at radius 3 is 2.35 bits per heavy atom. The van der Waals surface area contributed by atoms with Crippen LogP contribution in [0.1, 0.15) is 58.6 Å². The van der Waals surface area contributed by atoms with E-state index in [1.54, 1.807) is 6.07 Å². The second-order valence-corrected chi connectivity index (χ2v) is 7.63. The largest absolute Gasteiger partial charge is 0.392 e. The second kappa shape index (κ2) is 6.84. The fourth-order valence-corrected chi connectivity index (χ4v) is 4.60. The third-order valence-corrected chi connectivity index (χ3v) is 6.00. The van der Waals surface area contributed by atoms with E-state index in [2.05, 4.69) is 4.90 Å². The first-order chi connectivity index (χ1) is 12.6. The Bertz CT molecular complexity index is 803. The van der Waals surface area contributed by atoms with Crippen molar-refractivity contribution in [1.82, 2.24) is 4.90 Å². The fourth-order valence-electron chi connectivity index (χ4n) is 4.60. The molecule has 3 nitrogen and oxygen atoms in total. The average Bonchev–Trinajstić information content (AvgIpc) is 2.93. The van der Waals surface area contributed by atoms with E-state index >= 15 is 0 Å². The van der Waals surface area contributed by atoms with Gasteiger partial charge in [0.25, 0.3) is 5.91 Å². The summed E-state index contributed by atoms with van der Waals surface area (Å²) < 4.78 is 13.6. The first kappa shape index (κ1) is 17.2. The maximum Gasteiger partial charge on any atom is 0.254 e. The quantitative estimate of drug-likeness (QED) is 0.899. The number of halogens is 1. The lowest BCUT2D eigenvalue weighted by molar-refractivity contribution is 0.0571. The molecule has 4 heteroatoms. The molecule has 26 heavy (non-hydrogen) atoms. The SMILES string of the molecule is Cc1cc(C2C[C@H]3CC[C@@H](C2)N3C(=O)c2ccc(CO)cc2)ccc1F. The number of aliphatic hydroxyl groups is 1. The van der Waals surface area contributed by atoms with Gasteiger partial charge in [-0.05, 0) is 73.4 Å². The van der Waals surface area contributed by atoms with Gasteiger partial charge in [-0.1, -0.05) is 24.3 Å². The third-order valence-electron chi connectivity index (χ3n) is 6.00. The molecule has 2 aliphatic heterocycles. The van der Waals surface area contributed by atoms with Crippen molar-refractivity contribution in [1.29, 1.82) is 0 Å². The summed E-state index contributed by atoms with van der Waals surface area (Å²) in [6.45, 7) is 1.80. The molecule has 4 rings (SSSR count). The van der Waals surface area contributed by atoms with Crippen molar-refractivity contribution in [2.45, 2.75) is 57.2 Å². The Kier molecular flexibility index (Phi) is 4.53. The van der Waals surface area contributed by atoms with Gasteiger partial charge in [-0.25, -0.2) is 4.39 Å². The molecule has 0 radical (unpaired) electrons. The van der Waals surface area contributed by atoms with Crippen LogP contribution < -0.4 is 0 Å². The van der Waals surface area contributed by atoms with Crippen molar-refractivity contribution >= 4 is 5.91 Å². The number of fused-ring (bicyclic) bond motifs is 2. The number of benzene rings is 2. The molecule has 0 saturated carbocycles. The molecule has 2 aromatic rings. The van der Waals surface area contributed by atoms with E-state index in [4.69, 9.17) is 5.11 Å². The lowest BCUT2D eigenvalue weighted by atomic mass is 9.84. The summed E-state index contributed by atoms with van der Waals surface area (Å²) in [6, 6.07) is 13.2. The molecule has 1 amide bonds. The van der Waals surface area contributed by atoms with Crippen LogP contribution in [0.15, 0.2) is 42.5 Å². The van der Waals surface area contributed by atoms with Crippen LogP contribution in [0.5, 0.6) is 0 Å². The molecule has 2 saturated heterocycles. The Morgan fingerprint density at radius 2 is 1.77 bits per heavy atom. The maximum absolute atomic E-state index is 13.6. The van der Waals surface area contributed by atoms with E-state index < -0.39 is 0 Å². The van der Waals surface area contributed by atoms with Gasteiger partial charge in [-0.2, -0.15) is 0 Å². The first-order valence-corrected chi connectivity index (χ1v) is 9.35. The molecule has 0 spiro atoms. The van der Waals surface area contributed by atoms with Crippen LogP contribution in [0, 0.1) is 12.7 Å². The monoisotopic (exact) mass is 353 g/mol. The summed E-state index contributed by atoms with van der Waals surface area (Å²) in [5.41, 5.74) is 3.39. The van der Waals surface area contributed by atoms with Crippen molar-refractivity contribution in [2.24, 2.45) is 0 Å². The molecule has 0 aliphatic carbocycles. The number of hydrogen-bond acceptors (Lipinski definition) is 2. The number of carbonyl (C=O) groups is 1. The Labute approximate surface area is 153 Å². The Morgan fingerprint density at radius 1 is 1.12 bits per heavy atom. The number of piperidine rings is 1. The Hall–Kier alpha value is -2.20. The topological polar surface area (TPSA) is 40.5 Å². The molecule has 0 aromatic heterocycles. The number of hydrogen-bond donors (Lipinski definition) is 1. The van der Waals surface area contributed by atoms with E-state index in [0.29, 0.717) is 17.0 Å². The molecule has 136 valence electrons. The fraction of sp³-hybridized carbons (Fsp3) is 0.409. The van der Waals surface area contributed by atoms with Crippen LogP contribution in [-0.4, -0.2) is 28.0 Å². The highest BCUT2D eigenvalue weighted by atomic mass is 19.1. The van der Waals surface area contributed by atoms with Gasteiger partial charge in [0.15, 0.2) is 0 Å². The predicted octanol–water partition coefficient (Wildman–Crippen LogP) is 4.18. The van der Waals surface area contributed by atoms with Crippen molar-refractivity contribution in [3.63, 3.8) is 0 Å². The smallest absolute Gasteiger partial charge is 0.254 e. The number of amides is 1. The van der Waals surface area contributed by atoms with Crippen molar-refractivity contribution < 1.29 is 14.3 Å². The van der Waals surface area contributed by atoms with Crippen molar-refractivity contribution in [2.75, 3.05) is 0 Å². The zero-order valence-corrected chi connectivity index (χ0v) is 15.0. The summed E-state index contributed by atoms with van der Waals surface area (Å²) in [5, 5.41) is 9.17. The molecule has 2 bridgehead atoms. The lowest BCUT2D eigenvalue weighted by Gasteiger charge is -2.39. The second-order valence-electron chi connectivity index (χ2n) is 7.63. The Balaban J connectivity index is 1.52. The maximum atomic E-state index is 13.6. The minimum absolute atomic E-state index is 0.0117. The normalized spacial score (nSPS) is 24.7. The number of carbonyl (C=O) groups excluding carboxylic acids is 1. The molecule has 1 N–H and O–H groups in total. The van der Waals surface area contributed by atoms with E-state index in [0.717, 1.165) is 31.2 Å². The molecular formula is C22H24FNO2.